The maximum Gasteiger partial charge on any atom is 0.329 e. The Morgan fingerprint density at radius 1 is 1.19 bits per heavy atom. The van der Waals surface area contributed by atoms with Gasteiger partial charge < -0.3 is 15.2 Å². The van der Waals surface area contributed by atoms with Crippen molar-refractivity contribution in [3.05, 3.63) is 51.5 Å². The number of rotatable bonds is 4. The third-order valence-electron chi connectivity index (χ3n) is 3.29. The average molecular weight is 396 g/mol. The summed E-state index contributed by atoms with van der Waals surface area (Å²) in [5, 5.41) is 16.4. The van der Waals surface area contributed by atoms with Gasteiger partial charge in [0.2, 0.25) is 0 Å². The van der Waals surface area contributed by atoms with Crippen LogP contribution in [-0.2, 0) is 9.59 Å². The van der Waals surface area contributed by atoms with E-state index in [-0.39, 0.29) is 16.5 Å². The summed E-state index contributed by atoms with van der Waals surface area (Å²) < 4.78 is 4.96. The van der Waals surface area contributed by atoms with Crippen molar-refractivity contribution in [3.8, 4) is 11.5 Å². The number of aromatic hydroxyl groups is 1. The molecule has 2 rings (SSSR count). The molecule has 0 radical (unpaired) electrons. The lowest BCUT2D eigenvalue weighted by atomic mass is 10.2. The predicted molar refractivity (Wildman–Crippen MR) is 100 cm³/mol. The molecule has 2 amide bonds. The van der Waals surface area contributed by atoms with Crippen LogP contribution in [0.3, 0.4) is 0 Å². The summed E-state index contributed by atoms with van der Waals surface area (Å²) in [6.45, 7) is 1.75. The number of hydrogen-bond acceptors (Lipinski definition) is 5. The quantitative estimate of drug-likeness (QED) is 0.420. The lowest BCUT2D eigenvalue weighted by molar-refractivity contribution is -0.136. The third kappa shape index (κ3) is 4.87. The number of benzene rings is 2. The third-order valence-corrected chi connectivity index (χ3v) is 3.82. The summed E-state index contributed by atoms with van der Waals surface area (Å²) in [4.78, 5) is 23.7. The van der Waals surface area contributed by atoms with Crippen molar-refractivity contribution >= 4 is 46.9 Å². The number of ether oxygens (including phenoxy) is 1. The highest BCUT2D eigenvalue weighted by Gasteiger charge is 2.14. The van der Waals surface area contributed by atoms with Crippen molar-refractivity contribution in [2.45, 2.75) is 6.92 Å². The number of methoxy groups -OCH3 is 1. The van der Waals surface area contributed by atoms with Crippen LogP contribution in [0, 0.1) is 6.92 Å². The molecular weight excluding hydrogens is 381 g/mol. The molecular formula is C17H15Cl2N3O4. The molecule has 0 unspecified atom stereocenters. The predicted octanol–water partition coefficient (Wildman–Crippen LogP) is 3.10. The first-order valence-electron chi connectivity index (χ1n) is 7.29. The normalized spacial score (nSPS) is 10.6. The maximum absolute atomic E-state index is 11.9. The first-order chi connectivity index (χ1) is 12.3. The Labute approximate surface area is 159 Å². The fourth-order valence-corrected chi connectivity index (χ4v) is 2.43. The second-order valence-electron chi connectivity index (χ2n) is 5.17. The molecule has 2 aromatic rings. The lowest BCUT2D eigenvalue weighted by Gasteiger charge is -2.07. The van der Waals surface area contributed by atoms with Crippen LogP contribution in [0.2, 0.25) is 10.0 Å². The molecule has 0 aliphatic heterocycles. The zero-order valence-electron chi connectivity index (χ0n) is 13.8. The van der Waals surface area contributed by atoms with Crippen molar-refractivity contribution in [3.63, 3.8) is 0 Å². The van der Waals surface area contributed by atoms with E-state index in [9.17, 15) is 14.7 Å². The number of carbonyl (C=O) groups excluding carboxylic acids is 2. The SMILES string of the molecule is COc1cc(C=NNC(=O)C(=O)Nc2ccc(Cl)cc2C)cc(Cl)c1O. The van der Waals surface area contributed by atoms with Gasteiger partial charge >= 0.3 is 11.8 Å². The fraction of sp³-hybridized carbons (Fsp3) is 0.118. The number of anilines is 1. The fourth-order valence-electron chi connectivity index (χ4n) is 1.99. The van der Waals surface area contributed by atoms with E-state index in [4.69, 9.17) is 27.9 Å². The summed E-state index contributed by atoms with van der Waals surface area (Å²) in [5.41, 5.74) is 3.74. The van der Waals surface area contributed by atoms with Gasteiger partial charge in [0.15, 0.2) is 11.5 Å². The number of phenols is 1. The summed E-state index contributed by atoms with van der Waals surface area (Å²) >= 11 is 11.7. The van der Waals surface area contributed by atoms with Crippen molar-refractivity contribution in [1.29, 1.82) is 0 Å². The Morgan fingerprint density at radius 3 is 2.58 bits per heavy atom. The average Bonchev–Trinajstić information content (AvgIpc) is 2.60. The van der Waals surface area contributed by atoms with Gasteiger partial charge in [-0.3, -0.25) is 9.59 Å². The van der Waals surface area contributed by atoms with Crippen molar-refractivity contribution in [1.82, 2.24) is 5.43 Å². The molecule has 0 bridgehead atoms. The highest BCUT2D eigenvalue weighted by molar-refractivity contribution is 6.39. The molecule has 0 atom stereocenters. The number of aryl methyl sites for hydroxylation is 1. The number of phenolic OH excluding ortho intramolecular Hbond substituents is 1. The van der Waals surface area contributed by atoms with Crippen molar-refractivity contribution < 1.29 is 19.4 Å². The largest absolute Gasteiger partial charge is 0.503 e. The number of nitrogens with zero attached hydrogens (tertiary/aromatic N) is 1. The first-order valence-corrected chi connectivity index (χ1v) is 8.04. The first kappa shape index (κ1) is 19.6. The summed E-state index contributed by atoms with van der Waals surface area (Å²) in [6, 6.07) is 7.74. The molecule has 2 aromatic carbocycles. The van der Waals surface area contributed by atoms with Crippen molar-refractivity contribution in [2.24, 2.45) is 5.10 Å². The molecule has 26 heavy (non-hydrogen) atoms. The number of amides is 2. The van der Waals surface area contributed by atoms with Crippen LogP contribution in [0.1, 0.15) is 11.1 Å². The highest BCUT2D eigenvalue weighted by atomic mass is 35.5. The molecule has 0 heterocycles. The summed E-state index contributed by atoms with van der Waals surface area (Å²) in [7, 11) is 1.37. The van der Waals surface area contributed by atoms with Gasteiger partial charge in [-0.2, -0.15) is 5.10 Å². The van der Waals surface area contributed by atoms with Crippen LogP contribution in [0.4, 0.5) is 5.69 Å². The molecule has 0 saturated carbocycles. The van der Waals surface area contributed by atoms with E-state index in [1.165, 1.54) is 25.5 Å². The van der Waals surface area contributed by atoms with E-state index < -0.39 is 11.8 Å². The minimum absolute atomic E-state index is 0.0630. The molecule has 136 valence electrons. The second kappa shape index (κ2) is 8.55. The highest BCUT2D eigenvalue weighted by Crippen LogP contribution is 2.34. The van der Waals surface area contributed by atoms with Crippen molar-refractivity contribution in [2.75, 3.05) is 12.4 Å². The molecule has 9 heteroatoms. The molecule has 0 aliphatic rings. The minimum Gasteiger partial charge on any atom is -0.503 e. The molecule has 7 nitrogen and oxygen atoms in total. The van der Waals surface area contributed by atoms with Gasteiger partial charge in [0.05, 0.1) is 18.3 Å². The number of carbonyl (C=O) groups is 2. The smallest absolute Gasteiger partial charge is 0.329 e. The zero-order valence-corrected chi connectivity index (χ0v) is 15.4. The summed E-state index contributed by atoms with van der Waals surface area (Å²) in [5.74, 6) is -1.88. The maximum atomic E-state index is 11.9. The molecule has 0 saturated heterocycles. The Kier molecular flexibility index (Phi) is 6.43. The van der Waals surface area contributed by atoms with Crippen LogP contribution < -0.4 is 15.5 Å². The number of halogens is 2. The van der Waals surface area contributed by atoms with Crippen LogP contribution in [-0.4, -0.2) is 30.2 Å². The van der Waals surface area contributed by atoms with Gasteiger partial charge in [-0.15, -0.1) is 0 Å². The lowest BCUT2D eigenvalue weighted by Crippen LogP contribution is -2.32. The van der Waals surface area contributed by atoms with Crippen LogP contribution in [0.5, 0.6) is 11.5 Å². The van der Waals surface area contributed by atoms with Crippen LogP contribution in [0.15, 0.2) is 35.4 Å². The van der Waals surface area contributed by atoms with E-state index in [1.54, 1.807) is 25.1 Å². The molecule has 0 spiro atoms. The second-order valence-corrected chi connectivity index (χ2v) is 6.01. The van der Waals surface area contributed by atoms with E-state index in [1.807, 2.05) is 0 Å². The minimum atomic E-state index is -0.951. The number of hydrazone groups is 1. The van der Waals surface area contributed by atoms with Gasteiger partial charge in [-0.25, -0.2) is 5.43 Å². The Morgan fingerprint density at radius 2 is 1.92 bits per heavy atom. The van der Waals surface area contributed by atoms with Gasteiger partial charge in [0, 0.05) is 10.7 Å². The molecule has 0 aromatic heterocycles. The van der Waals surface area contributed by atoms with Gasteiger partial charge in [-0.05, 0) is 48.4 Å². The summed E-state index contributed by atoms with van der Waals surface area (Å²) in [6.07, 6.45) is 1.26. The van der Waals surface area contributed by atoms with Gasteiger partial charge in [-0.1, -0.05) is 23.2 Å². The molecule has 3 N–H and O–H groups in total. The number of hydrogen-bond donors (Lipinski definition) is 3. The van der Waals surface area contributed by atoms with E-state index >= 15 is 0 Å². The van der Waals surface area contributed by atoms with E-state index in [0.717, 1.165) is 0 Å². The Balaban J connectivity index is 2.00. The zero-order chi connectivity index (χ0) is 19.3. The topological polar surface area (TPSA) is 100 Å². The Hall–Kier alpha value is -2.77. The van der Waals surface area contributed by atoms with Crippen LogP contribution in [0.25, 0.3) is 0 Å². The van der Waals surface area contributed by atoms with Crippen LogP contribution >= 0.6 is 23.2 Å². The van der Waals surface area contributed by atoms with E-state index in [2.05, 4.69) is 15.8 Å². The van der Waals surface area contributed by atoms with Gasteiger partial charge in [0.25, 0.3) is 0 Å². The van der Waals surface area contributed by atoms with Gasteiger partial charge in [0.1, 0.15) is 0 Å². The number of nitrogens with one attached hydrogen (secondary N) is 2. The monoisotopic (exact) mass is 395 g/mol. The molecule has 0 fully saturated rings. The Bertz CT molecular complexity index is 885. The standard InChI is InChI=1S/C17H15Cl2N3O4/c1-9-5-11(18)3-4-13(9)21-16(24)17(25)22-20-8-10-6-12(19)15(23)14(7-10)26-2/h3-8,23H,1-2H3,(H,21,24)(H,22,25). The van der Waals surface area contributed by atoms with E-state index in [0.29, 0.717) is 21.8 Å². The molecule has 0 aliphatic carbocycles.